The van der Waals surface area contributed by atoms with Crippen molar-refractivity contribution >= 4 is 17.5 Å². The zero-order valence-corrected chi connectivity index (χ0v) is 19.2. The lowest BCUT2D eigenvalue weighted by atomic mass is 9.49. The minimum absolute atomic E-state index is 0.0317. The van der Waals surface area contributed by atoms with E-state index in [0.29, 0.717) is 12.5 Å². The van der Waals surface area contributed by atoms with Crippen LogP contribution in [0.5, 0.6) is 0 Å². The van der Waals surface area contributed by atoms with Crippen LogP contribution in [-0.4, -0.2) is 42.4 Å². The van der Waals surface area contributed by atoms with Crippen LogP contribution in [0.3, 0.4) is 0 Å². The highest BCUT2D eigenvalue weighted by atomic mass is 16.2. The Morgan fingerprint density at radius 3 is 2.12 bits per heavy atom. The highest BCUT2D eigenvalue weighted by Gasteiger charge is 2.56. The molecule has 2 heterocycles. The molecule has 6 fully saturated rings. The largest absolute Gasteiger partial charge is 0.372 e. The molecule has 1 N–H and O–H groups in total. The number of rotatable bonds is 5. The molecule has 4 aliphatic carbocycles. The third kappa shape index (κ3) is 3.62. The molecule has 5 nitrogen and oxygen atoms in total. The second-order valence-corrected chi connectivity index (χ2v) is 11.4. The number of likely N-dealkylation sites (tertiary alicyclic amines) is 1. The van der Waals surface area contributed by atoms with Gasteiger partial charge in [0.2, 0.25) is 11.8 Å². The number of carbonyl (C=O) groups excluding carboxylic acids is 2. The van der Waals surface area contributed by atoms with Crippen LogP contribution in [0.4, 0.5) is 5.69 Å². The molecular formula is C27H37N3O2. The van der Waals surface area contributed by atoms with Crippen molar-refractivity contribution in [3.05, 3.63) is 29.8 Å². The molecule has 5 heteroatoms. The Morgan fingerprint density at radius 1 is 0.875 bits per heavy atom. The minimum Gasteiger partial charge on any atom is -0.372 e. The van der Waals surface area contributed by atoms with Gasteiger partial charge < -0.3 is 15.1 Å². The maximum atomic E-state index is 13.8. The lowest BCUT2D eigenvalue weighted by molar-refractivity contribution is -0.160. The summed E-state index contributed by atoms with van der Waals surface area (Å²) >= 11 is 0. The molecule has 172 valence electrons. The summed E-state index contributed by atoms with van der Waals surface area (Å²) in [6.45, 7) is 3.58. The van der Waals surface area contributed by atoms with Crippen molar-refractivity contribution in [3.8, 4) is 0 Å². The molecule has 32 heavy (non-hydrogen) atoms. The Hall–Kier alpha value is -2.04. The van der Waals surface area contributed by atoms with E-state index in [-0.39, 0.29) is 17.4 Å². The SMILES string of the molecule is O=C(NCc1ccc(N2CCCC2)cc1)C1CCCN1C(=O)C12CC3CC(CC(C3)C1)C2. The quantitative estimate of drug-likeness (QED) is 0.757. The molecule has 7 rings (SSSR count). The number of hydrogen-bond donors (Lipinski definition) is 1. The Kier molecular flexibility index (Phi) is 5.19. The second-order valence-electron chi connectivity index (χ2n) is 11.4. The van der Waals surface area contributed by atoms with E-state index >= 15 is 0 Å². The maximum Gasteiger partial charge on any atom is 0.243 e. The van der Waals surface area contributed by atoms with Gasteiger partial charge in [0.25, 0.3) is 0 Å². The monoisotopic (exact) mass is 435 g/mol. The molecule has 2 amide bonds. The molecule has 0 radical (unpaired) electrons. The molecule has 0 aromatic heterocycles. The maximum absolute atomic E-state index is 13.8. The molecular weight excluding hydrogens is 398 g/mol. The topological polar surface area (TPSA) is 52.7 Å². The summed E-state index contributed by atoms with van der Waals surface area (Å²) < 4.78 is 0. The number of nitrogens with zero attached hydrogens (tertiary/aromatic N) is 2. The summed E-state index contributed by atoms with van der Waals surface area (Å²) in [7, 11) is 0. The van der Waals surface area contributed by atoms with Crippen LogP contribution < -0.4 is 10.2 Å². The third-order valence-electron chi connectivity index (χ3n) is 9.18. The third-order valence-corrected chi connectivity index (χ3v) is 9.18. The van der Waals surface area contributed by atoms with Crippen LogP contribution in [0.25, 0.3) is 0 Å². The number of benzene rings is 1. The fourth-order valence-electron chi connectivity index (χ4n) is 8.07. The molecule has 2 saturated heterocycles. The molecule has 1 aromatic rings. The molecule has 1 unspecified atom stereocenters. The van der Waals surface area contributed by atoms with E-state index in [1.807, 2.05) is 4.90 Å². The van der Waals surface area contributed by atoms with Gasteiger partial charge in [0.15, 0.2) is 0 Å². The van der Waals surface area contributed by atoms with Crippen LogP contribution in [0, 0.1) is 23.2 Å². The van der Waals surface area contributed by atoms with Crippen molar-refractivity contribution in [2.24, 2.45) is 23.2 Å². The predicted octanol–water partition coefficient (Wildman–Crippen LogP) is 4.11. The first kappa shape index (κ1) is 20.6. The van der Waals surface area contributed by atoms with Gasteiger partial charge in [-0.25, -0.2) is 0 Å². The summed E-state index contributed by atoms with van der Waals surface area (Å²) in [5, 5.41) is 3.14. The predicted molar refractivity (Wildman–Crippen MR) is 125 cm³/mol. The molecule has 2 aliphatic heterocycles. The molecule has 1 atom stereocenters. The number of hydrogen-bond acceptors (Lipinski definition) is 3. The van der Waals surface area contributed by atoms with E-state index in [1.54, 1.807) is 0 Å². The number of nitrogens with one attached hydrogen (secondary N) is 1. The van der Waals surface area contributed by atoms with Gasteiger partial charge >= 0.3 is 0 Å². The van der Waals surface area contributed by atoms with Crippen LogP contribution in [0.15, 0.2) is 24.3 Å². The molecule has 4 bridgehead atoms. The van der Waals surface area contributed by atoms with E-state index < -0.39 is 0 Å². The van der Waals surface area contributed by atoms with E-state index in [2.05, 4.69) is 34.5 Å². The first-order valence-electron chi connectivity index (χ1n) is 13.0. The van der Waals surface area contributed by atoms with Crippen molar-refractivity contribution in [2.75, 3.05) is 24.5 Å². The first-order chi connectivity index (χ1) is 15.6. The van der Waals surface area contributed by atoms with Gasteiger partial charge in [0.1, 0.15) is 6.04 Å². The molecule has 0 spiro atoms. The summed E-state index contributed by atoms with van der Waals surface area (Å²) in [6.07, 6.45) is 11.5. The molecule has 6 aliphatic rings. The average Bonchev–Trinajstić information content (AvgIpc) is 3.49. The lowest BCUT2D eigenvalue weighted by Gasteiger charge is -2.56. The lowest BCUT2D eigenvalue weighted by Crippen LogP contribution is -2.57. The average molecular weight is 436 g/mol. The summed E-state index contributed by atoms with van der Waals surface area (Å²) in [5.74, 6) is 2.60. The van der Waals surface area contributed by atoms with Gasteiger partial charge in [0, 0.05) is 31.9 Å². The first-order valence-corrected chi connectivity index (χ1v) is 13.0. The summed E-state index contributed by atoms with van der Waals surface area (Å²) in [4.78, 5) is 31.3. The smallest absolute Gasteiger partial charge is 0.243 e. The molecule has 1 aromatic carbocycles. The summed E-state index contributed by atoms with van der Waals surface area (Å²) in [5.41, 5.74) is 2.25. The zero-order chi connectivity index (χ0) is 21.7. The number of anilines is 1. The second kappa shape index (κ2) is 8.07. The fraction of sp³-hybridized carbons (Fsp3) is 0.704. The van der Waals surface area contributed by atoms with Crippen molar-refractivity contribution in [2.45, 2.75) is 76.8 Å². The van der Waals surface area contributed by atoms with Gasteiger partial charge in [-0.05, 0) is 99.7 Å². The van der Waals surface area contributed by atoms with E-state index in [1.165, 1.54) is 37.8 Å². The minimum atomic E-state index is -0.278. The van der Waals surface area contributed by atoms with Crippen LogP contribution in [-0.2, 0) is 16.1 Å². The van der Waals surface area contributed by atoms with Crippen molar-refractivity contribution in [1.82, 2.24) is 10.2 Å². The molecule has 4 saturated carbocycles. The normalized spacial score (nSPS) is 35.5. The van der Waals surface area contributed by atoms with E-state index in [0.717, 1.165) is 75.1 Å². The number of carbonyl (C=O) groups is 2. The zero-order valence-electron chi connectivity index (χ0n) is 19.2. The highest BCUT2D eigenvalue weighted by molar-refractivity contribution is 5.91. The number of amides is 2. The van der Waals surface area contributed by atoms with Gasteiger partial charge in [-0.3, -0.25) is 9.59 Å². The fourth-order valence-corrected chi connectivity index (χ4v) is 8.07. The van der Waals surface area contributed by atoms with E-state index in [4.69, 9.17) is 0 Å². The van der Waals surface area contributed by atoms with Gasteiger partial charge in [-0.1, -0.05) is 12.1 Å². The van der Waals surface area contributed by atoms with Crippen LogP contribution >= 0.6 is 0 Å². The Balaban J connectivity index is 1.09. The van der Waals surface area contributed by atoms with Gasteiger partial charge in [0.05, 0.1) is 5.41 Å². The standard InChI is InChI=1S/C27H37N3O2/c31-25(28-18-19-5-7-23(8-6-19)29-9-1-2-10-29)24-4-3-11-30(24)26(32)27-15-20-12-21(16-27)14-22(13-20)17-27/h5-8,20-22,24H,1-4,9-18H2,(H,28,31). The van der Waals surface area contributed by atoms with Gasteiger partial charge in [-0.2, -0.15) is 0 Å². The van der Waals surface area contributed by atoms with Gasteiger partial charge in [-0.15, -0.1) is 0 Å². The summed E-state index contributed by atoms with van der Waals surface area (Å²) in [6, 6.07) is 8.32. The highest BCUT2D eigenvalue weighted by Crippen LogP contribution is 2.60. The van der Waals surface area contributed by atoms with Crippen molar-refractivity contribution in [3.63, 3.8) is 0 Å². The van der Waals surface area contributed by atoms with E-state index in [9.17, 15) is 9.59 Å². The van der Waals surface area contributed by atoms with Crippen LogP contribution in [0.1, 0.15) is 69.8 Å². The Labute approximate surface area is 191 Å². The van der Waals surface area contributed by atoms with Crippen LogP contribution in [0.2, 0.25) is 0 Å². The van der Waals surface area contributed by atoms with Crippen molar-refractivity contribution < 1.29 is 9.59 Å². The Bertz CT molecular complexity index is 838. The Morgan fingerprint density at radius 2 is 1.50 bits per heavy atom. The van der Waals surface area contributed by atoms with Crippen molar-refractivity contribution in [1.29, 1.82) is 0 Å².